The number of ether oxygens (including phenoxy) is 1. The number of hydrogen-bond acceptors (Lipinski definition) is 3. The molecule has 0 aliphatic carbocycles. The minimum absolute atomic E-state index is 0.0492. The lowest BCUT2D eigenvalue weighted by Gasteiger charge is -2.31. The van der Waals surface area contributed by atoms with Crippen molar-refractivity contribution < 1.29 is 18.3 Å². The van der Waals surface area contributed by atoms with Crippen molar-refractivity contribution in [2.45, 2.75) is 39.2 Å². The first-order valence-corrected chi connectivity index (χ1v) is 7.76. The van der Waals surface area contributed by atoms with E-state index >= 15 is 0 Å². The maximum Gasteiger partial charge on any atom is 0.410 e. The number of halogens is 2. The Hall–Kier alpha value is -2.42. The summed E-state index contributed by atoms with van der Waals surface area (Å²) in [7, 11) is 0. The molecule has 0 radical (unpaired) electrons. The van der Waals surface area contributed by atoms with E-state index in [0.717, 1.165) is 17.7 Å². The van der Waals surface area contributed by atoms with E-state index in [1.54, 1.807) is 31.7 Å². The van der Waals surface area contributed by atoms with Gasteiger partial charge in [0.25, 0.3) is 0 Å². The van der Waals surface area contributed by atoms with Crippen molar-refractivity contribution in [3.63, 3.8) is 0 Å². The standard InChI is InChI=1S/C18H20F2N2O2/c1-18(2,3)24-17(23)22-6-4-12(5-7-22)8-14-15(19)9-13(11-21)10-16(14)20/h8-10H,4-7H2,1-3H3. The number of carbonyl (C=O) groups excluding carboxylic acids is 1. The molecule has 0 bridgehead atoms. The van der Waals surface area contributed by atoms with Gasteiger partial charge in [0.1, 0.15) is 17.2 Å². The van der Waals surface area contributed by atoms with Crippen LogP contribution in [0.4, 0.5) is 13.6 Å². The van der Waals surface area contributed by atoms with Crippen LogP contribution in [0.1, 0.15) is 44.7 Å². The molecule has 1 fully saturated rings. The van der Waals surface area contributed by atoms with Crippen molar-refractivity contribution in [2.75, 3.05) is 13.1 Å². The summed E-state index contributed by atoms with van der Waals surface area (Å²) >= 11 is 0. The van der Waals surface area contributed by atoms with Gasteiger partial charge in [-0.1, -0.05) is 5.57 Å². The molecule has 0 unspecified atom stereocenters. The predicted octanol–water partition coefficient (Wildman–Crippen LogP) is 4.25. The Labute approximate surface area is 140 Å². The Morgan fingerprint density at radius 2 is 1.79 bits per heavy atom. The molecule has 1 aliphatic heterocycles. The van der Waals surface area contributed by atoms with Gasteiger partial charge in [-0.2, -0.15) is 5.26 Å². The fraction of sp³-hybridized carbons (Fsp3) is 0.444. The van der Waals surface area contributed by atoms with Crippen molar-refractivity contribution in [1.29, 1.82) is 5.26 Å². The number of nitrogens with zero attached hydrogens (tertiary/aromatic N) is 2. The van der Waals surface area contributed by atoms with Crippen LogP contribution in [0, 0.1) is 23.0 Å². The van der Waals surface area contributed by atoms with Crippen LogP contribution in [0.3, 0.4) is 0 Å². The predicted molar refractivity (Wildman–Crippen MR) is 86.1 cm³/mol. The molecule has 1 amide bonds. The first-order valence-electron chi connectivity index (χ1n) is 7.76. The average molecular weight is 334 g/mol. The third-order valence-electron chi connectivity index (χ3n) is 3.61. The third-order valence-corrected chi connectivity index (χ3v) is 3.61. The van der Waals surface area contributed by atoms with E-state index < -0.39 is 17.2 Å². The van der Waals surface area contributed by atoms with Crippen LogP contribution in [0.25, 0.3) is 6.08 Å². The van der Waals surface area contributed by atoms with Gasteiger partial charge >= 0.3 is 6.09 Å². The van der Waals surface area contributed by atoms with E-state index in [-0.39, 0.29) is 17.2 Å². The van der Waals surface area contributed by atoms with E-state index in [1.807, 2.05) is 0 Å². The minimum Gasteiger partial charge on any atom is -0.444 e. The smallest absolute Gasteiger partial charge is 0.410 e. The van der Waals surface area contributed by atoms with Gasteiger partial charge in [-0.15, -0.1) is 0 Å². The zero-order valence-corrected chi connectivity index (χ0v) is 14.0. The van der Waals surface area contributed by atoms with Crippen LogP contribution in [0.15, 0.2) is 17.7 Å². The Kier molecular flexibility index (Phi) is 5.23. The lowest BCUT2D eigenvalue weighted by molar-refractivity contribution is 0.0237. The van der Waals surface area contributed by atoms with Crippen LogP contribution < -0.4 is 0 Å². The quantitative estimate of drug-likeness (QED) is 0.771. The highest BCUT2D eigenvalue weighted by atomic mass is 19.1. The van der Waals surface area contributed by atoms with Crippen LogP contribution in [-0.4, -0.2) is 29.7 Å². The molecule has 1 aromatic rings. The summed E-state index contributed by atoms with van der Waals surface area (Å²) in [4.78, 5) is 13.6. The van der Waals surface area contributed by atoms with Gasteiger partial charge in [0.05, 0.1) is 11.6 Å². The summed E-state index contributed by atoms with van der Waals surface area (Å²) in [5, 5.41) is 8.71. The summed E-state index contributed by atoms with van der Waals surface area (Å²) in [6.07, 6.45) is 2.14. The molecule has 4 nitrogen and oxygen atoms in total. The molecule has 24 heavy (non-hydrogen) atoms. The third kappa shape index (κ3) is 4.54. The van der Waals surface area contributed by atoms with Crippen molar-refractivity contribution in [1.82, 2.24) is 4.90 Å². The maximum absolute atomic E-state index is 13.9. The molecule has 0 spiro atoms. The zero-order valence-electron chi connectivity index (χ0n) is 14.0. The second-order valence-electron chi connectivity index (χ2n) is 6.74. The van der Waals surface area contributed by atoms with Gasteiger partial charge in [0.15, 0.2) is 0 Å². The fourth-order valence-corrected chi connectivity index (χ4v) is 2.44. The van der Waals surface area contributed by atoms with E-state index in [4.69, 9.17) is 10.00 Å². The number of likely N-dealkylation sites (tertiary alicyclic amines) is 1. The molecule has 0 saturated carbocycles. The van der Waals surface area contributed by atoms with E-state index in [0.29, 0.717) is 25.9 Å². The lowest BCUT2D eigenvalue weighted by atomic mass is 10.00. The summed E-state index contributed by atoms with van der Waals surface area (Å²) in [6.45, 7) is 6.30. The number of benzene rings is 1. The van der Waals surface area contributed by atoms with Crippen LogP contribution in [-0.2, 0) is 4.74 Å². The molecular formula is C18H20F2N2O2. The number of piperidine rings is 1. The highest BCUT2D eigenvalue weighted by molar-refractivity contribution is 5.68. The second-order valence-corrected chi connectivity index (χ2v) is 6.74. The fourth-order valence-electron chi connectivity index (χ4n) is 2.44. The van der Waals surface area contributed by atoms with Gasteiger partial charge in [0, 0.05) is 18.7 Å². The van der Waals surface area contributed by atoms with Crippen molar-refractivity contribution in [2.24, 2.45) is 0 Å². The number of rotatable bonds is 1. The summed E-state index contributed by atoms with van der Waals surface area (Å²) in [6, 6.07) is 3.76. The van der Waals surface area contributed by atoms with Crippen molar-refractivity contribution >= 4 is 12.2 Å². The monoisotopic (exact) mass is 334 g/mol. The first-order chi connectivity index (χ1) is 11.2. The number of nitriles is 1. The number of amides is 1. The van der Waals surface area contributed by atoms with Gasteiger partial charge in [-0.3, -0.25) is 0 Å². The normalized spacial score (nSPS) is 15.0. The second kappa shape index (κ2) is 7.00. The molecule has 6 heteroatoms. The molecule has 128 valence electrons. The SMILES string of the molecule is CC(C)(C)OC(=O)N1CCC(=Cc2c(F)cc(C#N)cc2F)CC1. The Morgan fingerprint density at radius 1 is 1.25 bits per heavy atom. The highest BCUT2D eigenvalue weighted by Gasteiger charge is 2.25. The highest BCUT2D eigenvalue weighted by Crippen LogP contribution is 2.24. The van der Waals surface area contributed by atoms with E-state index in [2.05, 4.69) is 0 Å². The van der Waals surface area contributed by atoms with Gasteiger partial charge in [-0.05, 0) is 51.8 Å². The van der Waals surface area contributed by atoms with Crippen molar-refractivity contribution in [3.05, 3.63) is 40.5 Å². The zero-order chi connectivity index (χ0) is 17.9. The van der Waals surface area contributed by atoms with E-state index in [1.165, 1.54) is 6.08 Å². The summed E-state index contributed by atoms with van der Waals surface area (Å²) in [5.74, 6) is -1.51. The molecule has 1 heterocycles. The van der Waals surface area contributed by atoms with Crippen LogP contribution in [0.2, 0.25) is 0 Å². The minimum atomic E-state index is -0.756. The molecule has 1 aromatic carbocycles. The van der Waals surface area contributed by atoms with Crippen molar-refractivity contribution in [3.8, 4) is 6.07 Å². The lowest BCUT2D eigenvalue weighted by Crippen LogP contribution is -2.40. The molecular weight excluding hydrogens is 314 g/mol. The molecule has 1 aliphatic rings. The molecule has 0 N–H and O–H groups in total. The van der Waals surface area contributed by atoms with Crippen LogP contribution >= 0.6 is 0 Å². The Balaban J connectivity index is 2.06. The number of hydrogen-bond donors (Lipinski definition) is 0. The molecule has 0 atom stereocenters. The summed E-state index contributed by atoms with van der Waals surface area (Å²) in [5.41, 5.74) is 0.112. The van der Waals surface area contributed by atoms with Gasteiger partial charge in [-0.25, -0.2) is 13.6 Å². The van der Waals surface area contributed by atoms with Gasteiger partial charge in [0.2, 0.25) is 0 Å². The number of carbonyl (C=O) groups is 1. The maximum atomic E-state index is 13.9. The largest absolute Gasteiger partial charge is 0.444 e. The summed E-state index contributed by atoms with van der Waals surface area (Å²) < 4.78 is 33.2. The first kappa shape index (κ1) is 17.9. The molecule has 0 aromatic heterocycles. The average Bonchev–Trinajstić information content (AvgIpc) is 2.49. The van der Waals surface area contributed by atoms with E-state index in [9.17, 15) is 13.6 Å². The molecule has 2 rings (SSSR count). The van der Waals surface area contributed by atoms with Crippen LogP contribution in [0.5, 0.6) is 0 Å². The topological polar surface area (TPSA) is 53.3 Å². The Bertz CT molecular complexity index is 682. The van der Waals surface area contributed by atoms with Gasteiger partial charge < -0.3 is 9.64 Å². The molecule has 1 saturated heterocycles. The Morgan fingerprint density at radius 3 is 2.25 bits per heavy atom.